The molecule has 2 aliphatic rings. The highest BCUT2D eigenvalue weighted by Gasteiger charge is 2.22. The average Bonchev–Trinajstić information content (AvgIpc) is 2.96. The van der Waals surface area contributed by atoms with Gasteiger partial charge in [-0.05, 0) is 84.6 Å². The largest absolute Gasteiger partial charge is 0.427 e. The first-order chi connectivity index (χ1) is 19.9. The Morgan fingerprint density at radius 3 is 2.34 bits per heavy atom. The van der Waals surface area contributed by atoms with E-state index in [2.05, 4.69) is 4.90 Å². The minimum absolute atomic E-state index is 0.0602. The smallest absolute Gasteiger partial charge is 0.308 e. The number of benzene rings is 3. The standard InChI is InChI=1S/C34H35NO6/c1-23(36)40-29-8-6-7-26(21-29)31-15-11-27-22-30(41-24(2)37)14-16-32(27)33(31)34(38)25-9-12-28(13-10-25)39-20-19-35-17-4-3-5-18-35/h6-12,14-16,21-22,28H,3-5,13,17-20H2,1-2H3. The molecule has 1 saturated heterocycles. The molecule has 5 rings (SSSR count). The molecule has 3 aromatic rings. The van der Waals surface area contributed by atoms with E-state index in [4.69, 9.17) is 14.2 Å². The minimum atomic E-state index is -0.417. The molecule has 41 heavy (non-hydrogen) atoms. The number of Topliss-reactive ketones (excluding diaryl/α,β-unsaturated/α-hetero) is 1. The number of rotatable bonds is 9. The number of nitrogens with zero attached hydrogens (tertiary/aromatic N) is 1. The molecule has 212 valence electrons. The number of carbonyl (C=O) groups is 3. The molecule has 1 atom stereocenters. The third-order valence-corrected chi connectivity index (χ3v) is 7.40. The van der Waals surface area contributed by atoms with Crippen LogP contribution in [-0.2, 0) is 14.3 Å². The lowest BCUT2D eigenvalue weighted by molar-refractivity contribution is -0.132. The van der Waals surface area contributed by atoms with Crippen LogP contribution in [-0.4, -0.2) is 55.0 Å². The highest BCUT2D eigenvalue weighted by atomic mass is 16.5. The van der Waals surface area contributed by atoms with Crippen LogP contribution in [0.5, 0.6) is 11.5 Å². The molecule has 7 heteroatoms. The molecule has 3 aromatic carbocycles. The van der Waals surface area contributed by atoms with Crippen molar-refractivity contribution in [1.29, 1.82) is 0 Å². The summed E-state index contributed by atoms with van der Waals surface area (Å²) in [4.78, 5) is 39.6. The number of carbonyl (C=O) groups excluding carboxylic acids is 3. The van der Waals surface area contributed by atoms with E-state index >= 15 is 0 Å². The molecule has 0 bridgehead atoms. The predicted molar refractivity (Wildman–Crippen MR) is 158 cm³/mol. The zero-order valence-corrected chi connectivity index (χ0v) is 23.6. The maximum absolute atomic E-state index is 14.1. The Morgan fingerprint density at radius 2 is 1.63 bits per heavy atom. The van der Waals surface area contributed by atoms with Crippen LogP contribution >= 0.6 is 0 Å². The Labute approximate surface area is 240 Å². The highest BCUT2D eigenvalue weighted by Crippen LogP contribution is 2.36. The summed E-state index contributed by atoms with van der Waals surface area (Å²) in [6, 6.07) is 16.2. The summed E-state index contributed by atoms with van der Waals surface area (Å²) < 4.78 is 16.7. The van der Waals surface area contributed by atoms with E-state index in [1.54, 1.807) is 36.4 Å². The Balaban J connectivity index is 1.42. The third-order valence-electron chi connectivity index (χ3n) is 7.40. The number of hydrogen-bond donors (Lipinski definition) is 0. The van der Waals surface area contributed by atoms with Crippen LogP contribution < -0.4 is 9.47 Å². The van der Waals surface area contributed by atoms with Crippen LogP contribution in [0.2, 0.25) is 0 Å². The fourth-order valence-corrected chi connectivity index (χ4v) is 5.47. The first-order valence-electron chi connectivity index (χ1n) is 14.2. The van der Waals surface area contributed by atoms with Crippen molar-refractivity contribution in [2.75, 3.05) is 26.2 Å². The van der Waals surface area contributed by atoms with Gasteiger partial charge in [0.15, 0.2) is 5.78 Å². The number of likely N-dealkylation sites (tertiary alicyclic amines) is 1. The van der Waals surface area contributed by atoms with Crippen molar-refractivity contribution < 1.29 is 28.6 Å². The number of fused-ring (bicyclic) bond motifs is 1. The monoisotopic (exact) mass is 553 g/mol. The summed E-state index contributed by atoms with van der Waals surface area (Å²) in [6.45, 7) is 6.59. The predicted octanol–water partition coefficient (Wildman–Crippen LogP) is 6.30. The van der Waals surface area contributed by atoms with Crippen molar-refractivity contribution in [1.82, 2.24) is 4.90 Å². The normalized spacial score (nSPS) is 17.2. The summed E-state index contributed by atoms with van der Waals surface area (Å²) in [5, 5.41) is 1.50. The van der Waals surface area contributed by atoms with E-state index in [1.165, 1.54) is 33.1 Å². The van der Waals surface area contributed by atoms with E-state index in [-0.39, 0.29) is 11.9 Å². The van der Waals surface area contributed by atoms with Gasteiger partial charge in [-0.15, -0.1) is 0 Å². The van der Waals surface area contributed by atoms with Gasteiger partial charge in [0.1, 0.15) is 11.5 Å². The van der Waals surface area contributed by atoms with Crippen molar-refractivity contribution in [2.45, 2.75) is 45.6 Å². The van der Waals surface area contributed by atoms with Gasteiger partial charge in [-0.1, -0.05) is 48.9 Å². The Bertz CT molecular complexity index is 1510. The van der Waals surface area contributed by atoms with Gasteiger partial charge in [0.2, 0.25) is 0 Å². The van der Waals surface area contributed by atoms with E-state index in [1.807, 2.05) is 36.4 Å². The quantitative estimate of drug-likeness (QED) is 0.175. The summed E-state index contributed by atoms with van der Waals surface area (Å²) in [7, 11) is 0. The number of esters is 2. The van der Waals surface area contributed by atoms with Crippen LogP contribution in [0.15, 0.2) is 78.4 Å². The fourth-order valence-electron chi connectivity index (χ4n) is 5.47. The molecular formula is C34H35NO6. The zero-order valence-electron chi connectivity index (χ0n) is 23.6. The topological polar surface area (TPSA) is 82.1 Å². The zero-order chi connectivity index (χ0) is 28.8. The van der Waals surface area contributed by atoms with Gasteiger partial charge in [0.05, 0.1) is 12.7 Å². The SMILES string of the molecule is CC(=O)Oc1cccc(-c2ccc3cc(OC(C)=O)ccc3c2C(=O)C2=CCC(OCCN3CCCCC3)C=C2)c1. The number of piperidine rings is 1. The Hall–Kier alpha value is -4.07. The average molecular weight is 554 g/mol. The van der Waals surface area contributed by atoms with Gasteiger partial charge in [-0.3, -0.25) is 14.4 Å². The Kier molecular flexibility index (Phi) is 9.07. The maximum atomic E-state index is 14.1. The lowest BCUT2D eigenvalue weighted by Gasteiger charge is -2.27. The van der Waals surface area contributed by atoms with E-state index < -0.39 is 11.9 Å². The first-order valence-corrected chi connectivity index (χ1v) is 14.2. The molecule has 0 spiro atoms. The Morgan fingerprint density at radius 1 is 0.878 bits per heavy atom. The van der Waals surface area contributed by atoms with Crippen molar-refractivity contribution >= 4 is 28.5 Å². The van der Waals surface area contributed by atoms with Crippen molar-refractivity contribution in [3.63, 3.8) is 0 Å². The van der Waals surface area contributed by atoms with Gasteiger partial charge >= 0.3 is 11.9 Å². The fraction of sp³-hybridized carbons (Fsp3) is 0.324. The minimum Gasteiger partial charge on any atom is -0.427 e. The van der Waals surface area contributed by atoms with Crippen LogP contribution in [0.25, 0.3) is 21.9 Å². The second kappa shape index (κ2) is 13.1. The summed E-state index contributed by atoms with van der Waals surface area (Å²) >= 11 is 0. The molecule has 1 heterocycles. The molecule has 1 aliphatic heterocycles. The maximum Gasteiger partial charge on any atom is 0.308 e. The molecule has 0 aromatic heterocycles. The van der Waals surface area contributed by atoms with Gasteiger partial charge < -0.3 is 19.1 Å². The van der Waals surface area contributed by atoms with E-state index in [0.717, 1.165) is 36.0 Å². The summed E-state index contributed by atoms with van der Waals surface area (Å²) in [5.41, 5.74) is 2.58. The molecule has 0 amide bonds. The molecular weight excluding hydrogens is 518 g/mol. The van der Waals surface area contributed by atoms with Crippen molar-refractivity contribution in [2.24, 2.45) is 0 Å². The number of hydrogen-bond acceptors (Lipinski definition) is 7. The van der Waals surface area contributed by atoms with Crippen molar-refractivity contribution in [3.05, 3.63) is 84.0 Å². The first kappa shape index (κ1) is 28.5. The second-order valence-electron chi connectivity index (χ2n) is 10.5. The van der Waals surface area contributed by atoms with Crippen LogP contribution in [0.4, 0.5) is 0 Å². The molecule has 7 nitrogen and oxygen atoms in total. The van der Waals surface area contributed by atoms with Gasteiger partial charge in [0.25, 0.3) is 0 Å². The van der Waals surface area contributed by atoms with E-state index in [9.17, 15) is 14.4 Å². The van der Waals surface area contributed by atoms with Crippen molar-refractivity contribution in [3.8, 4) is 22.6 Å². The van der Waals surface area contributed by atoms with Gasteiger partial charge in [-0.2, -0.15) is 0 Å². The summed E-state index contributed by atoms with van der Waals surface area (Å²) in [5.74, 6) is -0.133. The molecule has 1 aliphatic carbocycles. The number of allylic oxidation sites excluding steroid dienone is 2. The van der Waals surface area contributed by atoms with Gasteiger partial charge in [-0.25, -0.2) is 0 Å². The van der Waals surface area contributed by atoms with E-state index in [0.29, 0.717) is 41.2 Å². The molecule has 0 N–H and O–H groups in total. The number of ether oxygens (including phenoxy) is 3. The summed E-state index contributed by atoms with van der Waals surface area (Å²) in [6.07, 6.45) is 10.1. The second-order valence-corrected chi connectivity index (χ2v) is 10.5. The molecule has 1 fully saturated rings. The van der Waals surface area contributed by atoms with Crippen LogP contribution in [0.1, 0.15) is 49.9 Å². The lowest BCUT2D eigenvalue weighted by atomic mass is 9.87. The molecule has 0 radical (unpaired) electrons. The highest BCUT2D eigenvalue weighted by molar-refractivity contribution is 6.21. The van der Waals surface area contributed by atoms with Crippen LogP contribution in [0, 0.1) is 0 Å². The molecule has 0 saturated carbocycles. The number of ketones is 1. The lowest BCUT2D eigenvalue weighted by Crippen LogP contribution is -2.33. The molecule has 1 unspecified atom stereocenters. The van der Waals surface area contributed by atoms with Crippen LogP contribution in [0.3, 0.4) is 0 Å². The third kappa shape index (κ3) is 7.17. The van der Waals surface area contributed by atoms with Gasteiger partial charge in [0, 0.05) is 31.5 Å².